The van der Waals surface area contributed by atoms with E-state index in [0.29, 0.717) is 6.07 Å². The van der Waals surface area contributed by atoms with Gasteiger partial charge in [-0.1, -0.05) is 0 Å². The van der Waals surface area contributed by atoms with Gasteiger partial charge in [0.15, 0.2) is 0 Å². The fourth-order valence-corrected chi connectivity index (χ4v) is 1.44. The van der Waals surface area contributed by atoms with Crippen LogP contribution in [-0.4, -0.2) is 42.0 Å². The van der Waals surface area contributed by atoms with Crippen molar-refractivity contribution in [2.24, 2.45) is 0 Å². The van der Waals surface area contributed by atoms with E-state index < -0.39 is 23.5 Å². The van der Waals surface area contributed by atoms with Crippen molar-refractivity contribution in [2.75, 3.05) is 25.5 Å². The minimum Gasteiger partial charge on any atom is -0.481 e. The fourth-order valence-electron chi connectivity index (χ4n) is 1.44. The molecule has 0 aliphatic rings. The first kappa shape index (κ1) is 15.0. The lowest BCUT2D eigenvalue weighted by Gasteiger charge is -2.15. The molecule has 0 aromatic heterocycles. The molecule has 1 aromatic rings. The number of carbonyl (C=O) groups is 2. The molecule has 0 atom stereocenters. The van der Waals surface area contributed by atoms with Gasteiger partial charge < -0.3 is 10.4 Å². The molecule has 5 nitrogen and oxygen atoms in total. The zero-order valence-electron chi connectivity index (χ0n) is 10.3. The number of halogens is 2. The molecule has 0 aliphatic carbocycles. The van der Waals surface area contributed by atoms with Gasteiger partial charge in [0.25, 0.3) is 0 Å². The molecule has 0 spiro atoms. The number of anilines is 1. The molecule has 0 bridgehead atoms. The monoisotopic (exact) mass is 272 g/mol. The largest absolute Gasteiger partial charge is 0.481 e. The topological polar surface area (TPSA) is 69.6 Å². The van der Waals surface area contributed by atoms with Crippen LogP contribution in [-0.2, 0) is 9.59 Å². The number of rotatable bonds is 6. The van der Waals surface area contributed by atoms with E-state index in [1.165, 1.54) is 4.90 Å². The molecule has 104 valence electrons. The van der Waals surface area contributed by atoms with Crippen LogP contribution in [0.2, 0.25) is 0 Å². The maximum Gasteiger partial charge on any atom is 0.304 e. The molecule has 1 amide bonds. The molecule has 1 rings (SSSR count). The maximum atomic E-state index is 12.9. The van der Waals surface area contributed by atoms with E-state index >= 15 is 0 Å². The van der Waals surface area contributed by atoms with Gasteiger partial charge in [0, 0.05) is 18.3 Å². The highest BCUT2D eigenvalue weighted by Crippen LogP contribution is 2.12. The second kappa shape index (κ2) is 6.79. The van der Waals surface area contributed by atoms with E-state index in [1.807, 2.05) is 0 Å². The third kappa shape index (κ3) is 5.91. The molecule has 7 heteroatoms. The first-order chi connectivity index (χ1) is 8.86. The van der Waals surface area contributed by atoms with E-state index in [2.05, 4.69) is 5.32 Å². The van der Waals surface area contributed by atoms with Gasteiger partial charge in [0.1, 0.15) is 11.6 Å². The average molecular weight is 272 g/mol. The molecule has 1 aromatic carbocycles. The van der Waals surface area contributed by atoms with Gasteiger partial charge in [-0.2, -0.15) is 0 Å². The van der Waals surface area contributed by atoms with Crippen molar-refractivity contribution < 1.29 is 23.5 Å². The van der Waals surface area contributed by atoms with Gasteiger partial charge in [0.2, 0.25) is 5.91 Å². The number of nitrogens with one attached hydrogen (secondary N) is 1. The van der Waals surface area contributed by atoms with Crippen molar-refractivity contribution in [3.05, 3.63) is 29.8 Å². The maximum absolute atomic E-state index is 12.9. The summed E-state index contributed by atoms with van der Waals surface area (Å²) in [5, 5.41) is 10.8. The summed E-state index contributed by atoms with van der Waals surface area (Å²) in [5.41, 5.74) is 0.0223. The van der Waals surface area contributed by atoms with Gasteiger partial charge in [0.05, 0.1) is 13.0 Å². The number of amides is 1. The van der Waals surface area contributed by atoms with Gasteiger partial charge in [-0.3, -0.25) is 14.5 Å². The summed E-state index contributed by atoms with van der Waals surface area (Å²) in [6.45, 7) is 0.145. The van der Waals surface area contributed by atoms with Gasteiger partial charge in [-0.25, -0.2) is 8.78 Å². The van der Waals surface area contributed by atoms with Crippen LogP contribution in [0.1, 0.15) is 6.42 Å². The van der Waals surface area contributed by atoms with Crippen LogP contribution in [0.25, 0.3) is 0 Å². The lowest BCUT2D eigenvalue weighted by atomic mass is 10.3. The Hall–Kier alpha value is -2.02. The molecule has 0 heterocycles. The molecule has 19 heavy (non-hydrogen) atoms. The number of hydrogen-bond acceptors (Lipinski definition) is 3. The number of likely N-dealkylation sites (N-methyl/N-ethyl adjacent to an activating group) is 1. The van der Waals surface area contributed by atoms with E-state index in [9.17, 15) is 18.4 Å². The normalized spacial score (nSPS) is 10.5. The van der Waals surface area contributed by atoms with Crippen LogP contribution < -0.4 is 5.32 Å². The van der Waals surface area contributed by atoms with Crippen molar-refractivity contribution in [1.82, 2.24) is 4.90 Å². The molecule has 0 radical (unpaired) electrons. The predicted molar refractivity (Wildman–Crippen MR) is 64.7 cm³/mol. The standard InChI is InChI=1S/C12H14F2N2O3/c1-16(3-2-12(18)19)7-11(17)15-10-5-8(13)4-9(14)6-10/h4-6H,2-3,7H2,1H3,(H,15,17)(H,18,19). The van der Waals surface area contributed by atoms with Crippen molar-refractivity contribution in [1.29, 1.82) is 0 Å². The minimum atomic E-state index is -0.959. The zero-order valence-corrected chi connectivity index (χ0v) is 10.3. The molecule has 0 aliphatic heterocycles. The predicted octanol–water partition coefficient (Wildman–Crippen LogP) is 1.31. The summed E-state index contributed by atoms with van der Waals surface area (Å²) in [5.74, 6) is -3.00. The van der Waals surface area contributed by atoms with Gasteiger partial charge >= 0.3 is 5.97 Å². The van der Waals surface area contributed by atoms with Crippen molar-refractivity contribution in [3.8, 4) is 0 Å². The number of hydrogen-bond donors (Lipinski definition) is 2. The quantitative estimate of drug-likeness (QED) is 0.819. The van der Waals surface area contributed by atoms with Crippen LogP contribution >= 0.6 is 0 Å². The number of aliphatic carboxylic acids is 1. The number of carboxylic acid groups (broad SMARTS) is 1. The van der Waals surface area contributed by atoms with Gasteiger partial charge in [-0.05, 0) is 19.2 Å². The minimum absolute atomic E-state index is 0.0223. The SMILES string of the molecule is CN(CCC(=O)O)CC(=O)Nc1cc(F)cc(F)c1. The third-order valence-electron chi connectivity index (χ3n) is 2.27. The summed E-state index contributed by atoms with van der Waals surface area (Å²) >= 11 is 0. The Morgan fingerprint density at radius 3 is 2.37 bits per heavy atom. The highest BCUT2D eigenvalue weighted by molar-refractivity contribution is 5.92. The molecular weight excluding hydrogens is 258 g/mol. The number of nitrogens with zero attached hydrogens (tertiary/aromatic N) is 1. The van der Waals surface area contributed by atoms with Crippen LogP contribution in [0.3, 0.4) is 0 Å². The van der Waals surface area contributed by atoms with Crippen LogP contribution in [0, 0.1) is 11.6 Å². The number of benzene rings is 1. The van der Waals surface area contributed by atoms with Crippen molar-refractivity contribution >= 4 is 17.6 Å². The lowest BCUT2D eigenvalue weighted by Crippen LogP contribution is -2.31. The second-order valence-electron chi connectivity index (χ2n) is 4.09. The first-order valence-corrected chi connectivity index (χ1v) is 5.53. The Labute approximate surface area is 108 Å². The Kier molecular flexibility index (Phi) is 5.37. The summed E-state index contributed by atoms with van der Waals surface area (Å²) in [4.78, 5) is 23.4. The summed E-state index contributed by atoms with van der Waals surface area (Å²) < 4.78 is 25.8. The van der Waals surface area contributed by atoms with Crippen LogP contribution in [0.4, 0.5) is 14.5 Å². The smallest absolute Gasteiger partial charge is 0.304 e. The Morgan fingerprint density at radius 2 is 1.84 bits per heavy atom. The summed E-state index contributed by atoms with van der Waals surface area (Å²) in [6, 6.07) is 2.70. The average Bonchev–Trinajstić information content (AvgIpc) is 2.24. The molecule has 2 N–H and O–H groups in total. The zero-order chi connectivity index (χ0) is 14.4. The molecule has 0 saturated heterocycles. The highest BCUT2D eigenvalue weighted by atomic mass is 19.1. The lowest BCUT2D eigenvalue weighted by molar-refractivity contribution is -0.137. The number of carboxylic acids is 1. The van der Waals surface area contributed by atoms with E-state index in [0.717, 1.165) is 12.1 Å². The summed E-state index contributed by atoms with van der Waals surface area (Å²) in [7, 11) is 1.58. The van der Waals surface area contributed by atoms with E-state index in [1.54, 1.807) is 7.05 Å². The Balaban J connectivity index is 2.48. The Morgan fingerprint density at radius 1 is 1.26 bits per heavy atom. The van der Waals surface area contributed by atoms with E-state index in [4.69, 9.17) is 5.11 Å². The van der Waals surface area contributed by atoms with E-state index in [-0.39, 0.29) is 25.2 Å². The van der Waals surface area contributed by atoms with Crippen LogP contribution in [0.15, 0.2) is 18.2 Å². The van der Waals surface area contributed by atoms with Crippen molar-refractivity contribution in [3.63, 3.8) is 0 Å². The fraction of sp³-hybridized carbons (Fsp3) is 0.333. The molecule has 0 unspecified atom stereocenters. The highest BCUT2D eigenvalue weighted by Gasteiger charge is 2.09. The van der Waals surface area contributed by atoms with Crippen molar-refractivity contribution in [2.45, 2.75) is 6.42 Å². The van der Waals surface area contributed by atoms with Gasteiger partial charge in [-0.15, -0.1) is 0 Å². The Bertz CT molecular complexity index is 460. The number of carbonyl (C=O) groups excluding carboxylic acids is 1. The summed E-state index contributed by atoms with van der Waals surface area (Å²) in [6.07, 6.45) is -0.0849. The molecular formula is C12H14F2N2O3. The molecule has 0 fully saturated rings. The second-order valence-corrected chi connectivity index (χ2v) is 4.09. The van der Waals surface area contributed by atoms with Crippen LogP contribution in [0.5, 0.6) is 0 Å². The third-order valence-corrected chi connectivity index (χ3v) is 2.27. The molecule has 0 saturated carbocycles. The first-order valence-electron chi connectivity index (χ1n) is 5.53.